The molecule has 0 bridgehead atoms. The largest absolute Gasteiger partial charge is 0.465 e. The zero-order valence-electron chi connectivity index (χ0n) is 13.4. The number of carbonyl (C=O) groups is 2. The molecule has 3 aromatic rings. The molecule has 1 N–H and O–H groups in total. The zero-order chi connectivity index (χ0) is 17.6. The van der Waals surface area contributed by atoms with Gasteiger partial charge in [-0.05, 0) is 0 Å². The van der Waals surface area contributed by atoms with Crippen molar-refractivity contribution in [2.45, 2.75) is 12.8 Å². The third-order valence-electron chi connectivity index (χ3n) is 3.32. The first-order valence-electron chi connectivity index (χ1n) is 7.50. The Hall–Kier alpha value is -3.00. The van der Waals surface area contributed by atoms with E-state index in [4.69, 9.17) is 4.42 Å². The first kappa shape index (κ1) is 16.8. The number of nitrogens with one attached hydrogen (secondary N) is 1. The number of ether oxygens (including phenoxy) is 1. The number of methoxy groups -OCH3 is 1. The van der Waals surface area contributed by atoms with Crippen molar-refractivity contribution in [3.8, 4) is 11.3 Å². The van der Waals surface area contributed by atoms with E-state index >= 15 is 0 Å². The summed E-state index contributed by atoms with van der Waals surface area (Å²) < 4.78 is 10.3. The summed E-state index contributed by atoms with van der Waals surface area (Å²) in [4.78, 5) is 31.8. The minimum absolute atomic E-state index is 0.196. The van der Waals surface area contributed by atoms with Crippen LogP contribution in [0.25, 0.3) is 11.3 Å². The molecule has 25 heavy (non-hydrogen) atoms. The Kier molecular flexibility index (Phi) is 5.20. The molecule has 0 saturated carbocycles. The van der Waals surface area contributed by atoms with Gasteiger partial charge in [-0.2, -0.15) is 0 Å². The predicted octanol–water partition coefficient (Wildman–Crippen LogP) is 3.16. The number of nitrogens with zero attached hydrogens (tertiary/aromatic N) is 2. The normalized spacial score (nSPS) is 10.4. The first-order valence-corrected chi connectivity index (χ1v) is 8.31. The molecule has 2 aromatic heterocycles. The molecule has 0 aliphatic heterocycles. The highest BCUT2D eigenvalue weighted by molar-refractivity contribution is 7.17. The number of aromatic nitrogens is 2. The van der Waals surface area contributed by atoms with Crippen LogP contribution in [-0.2, 0) is 16.0 Å². The van der Waals surface area contributed by atoms with Gasteiger partial charge in [0.05, 0.1) is 19.5 Å². The summed E-state index contributed by atoms with van der Waals surface area (Å²) in [5, 5.41) is 2.99. The molecule has 0 fully saturated rings. The summed E-state index contributed by atoms with van der Waals surface area (Å²) in [6.07, 6.45) is 3.58. The van der Waals surface area contributed by atoms with E-state index in [0.29, 0.717) is 28.1 Å². The first-order chi connectivity index (χ1) is 12.2. The lowest BCUT2D eigenvalue weighted by Crippen LogP contribution is -2.12. The number of rotatable bonds is 6. The van der Waals surface area contributed by atoms with Crippen LogP contribution in [0, 0.1) is 0 Å². The molecule has 0 saturated heterocycles. The van der Waals surface area contributed by atoms with Crippen molar-refractivity contribution < 1.29 is 18.7 Å². The Balaban J connectivity index is 1.53. The fourth-order valence-electron chi connectivity index (χ4n) is 2.09. The zero-order valence-corrected chi connectivity index (χ0v) is 14.2. The van der Waals surface area contributed by atoms with E-state index in [1.165, 1.54) is 13.3 Å². The van der Waals surface area contributed by atoms with Crippen LogP contribution in [0.5, 0.6) is 0 Å². The molecule has 128 valence electrons. The number of aryl methyl sites for hydroxylation is 1. The lowest BCUT2D eigenvalue weighted by Gasteiger charge is -1.99. The van der Waals surface area contributed by atoms with Crippen LogP contribution >= 0.6 is 11.3 Å². The second-order valence-electron chi connectivity index (χ2n) is 5.05. The van der Waals surface area contributed by atoms with Crippen LogP contribution < -0.4 is 5.32 Å². The molecule has 0 spiro atoms. The molecule has 2 heterocycles. The van der Waals surface area contributed by atoms with Crippen LogP contribution in [0.3, 0.4) is 0 Å². The van der Waals surface area contributed by atoms with Gasteiger partial charge in [0, 0.05) is 18.4 Å². The molecule has 0 atom stereocenters. The van der Waals surface area contributed by atoms with E-state index in [1.807, 2.05) is 30.3 Å². The molecule has 7 nitrogen and oxygen atoms in total. The fourth-order valence-corrected chi connectivity index (χ4v) is 2.84. The van der Waals surface area contributed by atoms with Crippen molar-refractivity contribution >= 4 is 28.3 Å². The Labute approximate surface area is 147 Å². The summed E-state index contributed by atoms with van der Waals surface area (Å²) in [5.41, 5.74) is 0.934. The molecule has 1 amide bonds. The third-order valence-corrected chi connectivity index (χ3v) is 4.21. The quantitative estimate of drug-likeness (QED) is 0.681. The van der Waals surface area contributed by atoms with Crippen LogP contribution in [0.2, 0.25) is 0 Å². The van der Waals surface area contributed by atoms with Crippen LogP contribution in [0.15, 0.2) is 47.1 Å². The van der Waals surface area contributed by atoms with Crippen molar-refractivity contribution in [2.75, 3.05) is 12.4 Å². The van der Waals surface area contributed by atoms with Crippen LogP contribution in [0.1, 0.15) is 22.0 Å². The van der Waals surface area contributed by atoms with Crippen molar-refractivity contribution in [1.82, 2.24) is 9.97 Å². The number of esters is 1. The number of oxazole rings is 1. The second-order valence-corrected chi connectivity index (χ2v) is 6.08. The van der Waals surface area contributed by atoms with Gasteiger partial charge >= 0.3 is 5.97 Å². The minimum atomic E-state index is -0.480. The molecule has 0 unspecified atom stereocenters. The molecule has 0 aliphatic carbocycles. The molecule has 3 rings (SSSR count). The standard InChI is InChI=1S/C17H15N3O4S/c1-23-16(22)13-10-19-17(25-13)20-14(21)7-8-15-18-9-12(24-15)11-5-3-2-4-6-11/h2-6,9-10H,7-8H2,1H3,(H,19,20,21). The van der Waals surface area contributed by atoms with Gasteiger partial charge in [0.25, 0.3) is 0 Å². The number of thiazole rings is 1. The fraction of sp³-hybridized carbons (Fsp3) is 0.176. The number of anilines is 1. The monoisotopic (exact) mass is 357 g/mol. The van der Waals surface area contributed by atoms with Crippen LogP contribution in [-0.4, -0.2) is 29.0 Å². The highest BCUT2D eigenvalue weighted by atomic mass is 32.1. The smallest absolute Gasteiger partial charge is 0.349 e. The molecule has 0 aliphatic rings. The lowest BCUT2D eigenvalue weighted by molar-refractivity contribution is -0.116. The van der Waals surface area contributed by atoms with Crippen molar-refractivity contribution in [1.29, 1.82) is 0 Å². The predicted molar refractivity (Wildman–Crippen MR) is 92.3 cm³/mol. The van der Waals surface area contributed by atoms with Gasteiger partial charge in [-0.25, -0.2) is 14.8 Å². The molecular weight excluding hydrogens is 342 g/mol. The van der Waals surface area contributed by atoms with Crippen molar-refractivity contribution in [3.63, 3.8) is 0 Å². The average Bonchev–Trinajstić information content (AvgIpc) is 3.29. The summed E-state index contributed by atoms with van der Waals surface area (Å²) in [6, 6.07) is 9.62. The van der Waals surface area contributed by atoms with Gasteiger partial charge in [0.1, 0.15) is 4.88 Å². The number of hydrogen-bond acceptors (Lipinski definition) is 7. The maximum atomic E-state index is 12.0. The second kappa shape index (κ2) is 7.71. The molecule has 1 aromatic carbocycles. The van der Waals surface area contributed by atoms with Gasteiger partial charge in [-0.3, -0.25) is 4.79 Å². The van der Waals surface area contributed by atoms with Crippen molar-refractivity contribution in [3.05, 3.63) is 53.5 Å². The highest BCUT2D eigenvalue weighted by Crippen LogP contribution is 2.21. The Morgan fingerprint density at radius 1 is 1.20 bits per heavy atom. The van der Waals surface area contributed by atoms with E-state index in [-0.39, 0.29) is 12.3 Å². The number of amides is 1. The summed E-state index contributed by atoms with van der Waals surface area (Å²) in [7, 11) is 1.29. The Morgan fingerprint density at radius 3 is 2.76 bits per heavy atom. The van der Waals surface area contributed by atoms with Crippen molar-refractivity contribution in [2.24, 2.45) is 0 Å². The van der Waals surface area contributed by atoms with E-state index in [1.54, 1.807) is 6.20 Å². The van der Waals surface area contributed by atoms with E-state index < -0.39 is 5.97 Å². The maximum absolute atomic E-state index is 12.0. The van der Waals surface area contributed by atoms with E-state index in [2.05, 4.69) is 20.0 Å². The minimum Gasteiger partial charge on any atom is -0.465 e. The summed E-state index contributed by atoms with van der Waals surface area (Å²) in [6.45, 7) is 0. The number of hydrogen-bond donors (Lipinski definition) is 1. The molecule has 0 radical (unpaired) electrons. The maximum Gasteiger partial charge on any atom is 0.349 e. The van der Waals surface area contributed by atoms with E-state index in [0.717, 1.165) is 16.9 Å². The number of benzene rings is 1. The molecule has 8 heteroatoms. The van der Waals surface area contributed by atoms with Gasteiger partial charge in [-0.15, -0.1) is 0 Å². The highest BCUT2D eigenvalue weighted by Gasteiger charge is 2.13. The average molecular weight is 357 g/mol. The van der Waals surface area contributed by atoms with Gasteiger partial charge in [0.2, 0.25) is 5.91 Å². The lowest BCUT2D eigenvalue weighted by atomic mass is 10.2. The summed E-state index contributed by atoms with van der Waals surface area (Å²) >= 11 is 1.06. The topological polar surface area (TPSA) is 94.3 Å². The van der Waals surface area contributed by atoms with Crippen LogP contribution in [0.4, 0.5) is 5.13 Å². The number of carbonyl (C=O) groups excluding carboxylic acids is 2. The van der Waals surface area contributed by atoms with E-state index in [9.17, 15) is 9.59 Å². The third kappa shape index (κ3) is 4.30. The van der Waals surface area contributed by atoms with Gasteiger partial charge in [0.15, 0.2) is 16.8 Å². The van der Waals surface area contributed by atoms with Gasteiger partial charge < -0.3 is 14.5 Å². The Bertz CT molecular complexity index is 873. The SMILES string of the molecule is COC(=O)c1cnc(NC(=O)CCc2ncc(-c3ccccc3)o2)s1. The molecular formula is C17H15N3O4S. The Morgan fingerprint density at radius 2 is 2.00 bits per heavy atom. The van der Waals surface area contributed by atoms with Gasteiger partial charge in [-0.1, -0.05) is 41.7 Å². The summed E-state index contributed by atoms with van der Waals surface area (Å²) in [5.74, 6) is 0.443.